The number of hydrogen-bond acceptors (Lipinski definition) is 4. The number of anilines is 1. The number of ether oxygens (including phenoxy) is 2. The van der Waals surface area contributed by atoms with Crippen molar-refractivity contribution in [3.8, 4) is 5.75 Å². The first kappa shape index (κ1) is 17.5. The van der Waals surface area contributed by atoms with Gasteiger partial charge in [-0.25, -0.2) is 9.18 Å². The standard InChI is InChI=1S/C19H17FN2O4/c1-11(18(23)21-14-5-3-4-13(20)9-14)26-19(24)17-8-12-6-7-15(25-2)10-16(12)22-17/h3-11,22H,1-2H3,(H,21,23). The van der Waals surface area contributed by atoms with Crippen molar-refractivity contribution in [2.45, 2.75) is 13.0 Å². The summed E-state index contributed by atoms with van der Waals surface area (Å²) in [5, 5.41) is 3.31. The molecule has 0 radical (unpaired) electrons. The zero-order valence-corrected chi connectivity index (χ0v) is 14.2. The highest BCUT2D eigenvalue weighted by molar-refractivity contribution is 5.99. The molecule has 0 spiro atoms. The highest BCUT2D eigenvalue weighted by Gasteiger charge is 2.20. The number of hydrogen-bond donors (Lipinski definition) is 2. The third kappa shape index (κ3) is 3.83. The molecule has 1 amide bonds. The van der Waals surface area contributed by atoms with Crippen LogP contribution in [-0.2, 0) is 9.53 Å². The van der Waals surface area contributed by atoms with E-state index in [1.165, 1.54) is 25.1 Å². The Balaban J connectivity index is 1.67. The van der Waals surface area contributed by atoms with Gasteiger partial charge in [0.2, 0.25) is 0 Å². The zero-order chi connectivity index (χ0) is 18.7. The lowest BCUT2D eigenvalue weighted by Gasteiger charge is -2.13. The number of fused-ring (bicyclic) bond motifs is 1. The summed E-state index contributed by atoms with van der Waals surface area (Å²) in [7, 11) is 1.55. The molecule has 2 aromatic carbocycles. The minimum Gasteiger partial charge on any atom is -0.497 e. The number of benzene rings is 2. The van der Waals surface area contributed by atoms with Crippen molar-refractivity contribution in [1.29, 1.82) is 0 Å². The Morgan fingerprint density at radius 2 is 1.96 bits per heavy atom. The van der Waals surface area contributed by atoms with Crippen molar-refractivity contribution in [2.24, 2.45) is 0 Å². The van der Waals surface area contributed by atoms with Crippen LogP contribution < -0.4 is 10.1 Å². The molecule has 1 aromatic heterocycles. The fourth-order valence-corrected chi connectivity index (χ4v) is 2.43. The fraction of sp³-hybridized carbons (Fsp3) is 0.158. The van der Waals surface area contributed by atoms with E-state index < -0.39 is 23.8 Å². The molecule has 3 rings (SSSR count). The monoisotopic (exact) mass is 356 g/mol. The first-order valence-electron chi connectivity index (χ1n) is 7.90. The summed E-state index contributed by atoms with van der Waals surface area (Å²) >= 11 is 0. The van der Waals surface area contributed by atoms with E-state index >= 15 is 0 Å². The molecule has 3 aromatic rings. The van der Waals surface area contributed by atoms with Gasteiger partial charge in [0.15, 0.2) is 6.10 Å². The van der Waals surface area contributed by atoms with Crippen LogP contribution in [0.2, 0.25) is 0 Å². The van der Waals surface area contributed by atoms with Gasteiger partial charge in [0.25, 0.3) is 5.91 Å². The van der Waals surface area contributed by atoms with Crippen molar-refractivity contribution in [2.75, 3.05) is 12.4 Å². The molecule has 6 nitrogen and oxygen atoms in total. The maximum Gasteiger partial charge on any atom is 0.355 e. The maximum atomic E-state index is 13.2. The Morgan fingerprint density at radius 1 is 1.15 bits per heavy atom. The molecule has 0 saturated heterocycles. The second-order valence-corrected chi connectivity index (χ2v) is 5.68. The van der Waals surface area contributed by atoms with E-state index in [-0.39, 0.29) is 11.4 Å². The topological polar surface area (TPSA) is 80.4 Å². The third-order valence-electron chi connectivity index (χ3n) is 3.79. The molecule has 0 aliphatic heterocycles. The molecular weight excluding hydrogens is 339 g/mol. The van der Waals surface area contributed by atoms with Crippen molar-refractivity contribution < 1.29 is 23.5 Å². The summed E-state index contributed by atoms with van der Waals surface area (Å²) in [4.78, 5) is 27.3. The van der Waals surface area contributed by atoms with Gasteiger partial charge in [-0.05, 0) is 43.3 Å². The van der Waals surface area contributed by atoms with E-state index in [1.807, 2.05) is 6.07 Å². The number of halogens is 1. The number of aromatic nitrogens is 1. The van der Waals surface area contributed by atoms with Gasteiger partial charge < -0.3 is 19.8 Å². The average Bonchev–Trinajstić information content (AvgIpc) is 3.04. The molecule has 0 aliphatic carbocycles. The third-order valence-corrected chi connectivity index (χ3v) is 3.79. The Morgan fingerprint density at radius 3 is 2.69 bits per heavy atom. The second-order valence-electron chi connectivity index (χ2n) is 5.68. The average molecular weight is 356 g/mol. The highest BCUT2D eigenvalue weighted by Crippen LogP contribution is 2.22. The van der Waals surface area contributed by atoms with Gasteiger partial charge in [0.05, 0.1) is 7.11 Å². The molecule has 26 heavy (non-hydrogen) atoms. The quantitative estimate of drug-likeness (QED) is 0.686. The van der Waals surface area contributed by atoms with E-state index in [4.69, 9.17) is 9.47 Å². The minimum absolute atomic E-state index is 0.221. The number of esters is 1. The predicted molar refractivity (Wildman–Crippen MR) is 94.8 cm³/mol. The normalized spacial score (nSPS) is 11.8. The second kappa shape index (κ2) is 7.26. The Hall–Kier alpha value is -3.35. The summed E-state index contributed by atoms with van der Waals surface area (Å²) in [6.45, 7) is 1.44. The first-order valence-corrected chi connectivity index (χ1v) is 7.90. The number of amides is 1. The summed E-state index contributed by atoms with van der Waals surface area (Å²) in [6.07, 6.45) is -1.05. The number of aromatic amines is 1. The highest BCUT2D eigenvalue weighted by atomic mass is 19.1. The van der Waals surface area contributed by atoms with Crippen LogP contribution in [-0.4, -0.2) is 30.1 Å². The molecule has 2 N–H and O–H groups in total. The van der Waals surface area contributed by atoms with Gasteiger partial charge in [0, 0.05) is 22.7 Å². The molecule has 0 saturated carbocycles. The summed E-state index contributed by atoms with van der Waals surface area (Å²) in [6, 6.07) is 12.4. The summed E-state index contributed by atoms with van der Waals surface area (Å²) < 4.78 is 23.5. The first-order chi connectivity index (χ1) is 12.5. The number of carbonyl (C=O) groups excluding carboxylic acids is 2. The van der Waals surface area contributed by atoms with E-state index in [0.717, 1.165) is 5.39 Å². The van der Waals surface area contributed by atoms with Crippen LogP contribution in [0.3, 0.4) is 0 Å². The smallest absolute Gasteiger partial charge is 0.355 e. The van der Waals surface area contributed by atoms with E-state index in [9.17, 15) is 14.0 Å². The van der Waals surface area contributed by atoms with Crippen LogP contribution in [0.15, 0.2) is 48.5 Å². The van der Waals surface area contributed by atoms with Crippen molar-refractivity contribution >= 4 is 28.5 Å². The lowest BCUT2D eigenvalue weighted by atomic mass is 10.2. The van der Waals surface area contributed by atoms with Gasteiger partial charge in [-0.15, -0.1) is 0 Å². The molecule has 1 heterocycles. The van der Waals surface area contributed by atoms with Crippen LogP contribution in [0.5, 0.6) is 5.75 Å². The van der Waals surface area contributed by atoms with E-state index in [0.29, 0.717) is 11.3 Å². The van der Waals surface area contributed by atoms with Gasteiger partial charge in [-0.2, -0.15) is 0 Å². The van der Waals surface area contributed by atoms with Crippen LogP contribution in [0.25, 0.3) is 10.9 Å². The van der Waals surface area contributed by atoms with Gasteiger partial charge in [-0.1, -0.05) is 6.07 Å². The molecule has 1 atom stereocenters. The largest absolute Gasteiger partial charge is 0.497 e. The van der Waals surface area contributed by atoms with Gasteiger partial charge in [0.1, 0.15) is 17.3 Å². The lowest BCUT2D eigenvalue weighted by Crippen LogP contribution is -2.30. The zero-order valence-electron chi connectivity index (χ0n) is 14.2. The van der Waals surface area contributed by atoms with E-state index in [2.05, 4.69) is 10.3 Å². The van der Waals surface area contributed by atoms with Gasteiger partial charge >= 0.3 is 5.97 Å². The van der Waals surface area contributed by atoms with Crippen LogP contribution in [0.1, 0.15) is 17.4 Å². The van der Waals surface area contributed by atoms with Gasteiger partial charge in [-0.3, -0.25) is 4.79 Å². The van der Waals surface area contributed by atoms with Crippen molar-refractivity contribution in [3.05, 3.63) is 60.0 Å². The fourth-order valence-electron chi connectivity index (χ4n) is 2.43. The summed E-state index contributed by atoms with van der Waals surface area (Å²) in [5.41, 5.74) is 1.22. The van der Waals surface area contributed by atoms with Crippen LogP contribution in [0.4, 0.5) is 10.1 Å². The number of carbonyl (C=O) groups is 2. The number of H-pyrrole nitrogens is 1. The Kier molecular flexibility index (Phi) is 4.88. The van der Waals surface area contributed by atoms with Crippen LogP contribution in [0, 0.1) is 5.82 Å². The molecule has 0 bridgehead atoms. The molecule has 0 aliphatic rings. The Labute approximate surface area is 148 Å². The minimum atomic E-state index is -1.05. The molecule has 0 fully saturated rings. The van der Waals surface area contributed by atoms with Crippen molar-refractivity contribution in [1.82, 2.24) is 4.98 Å². The molecule has 134 valence electrons. The lowest BCUT2D eigenvalue weighted by molar-refractivity contribution is -0.123. The number of methoxy groups -OCH3 is 1. The molecular formula is C19H17FN2O4. The molecule has 1 unspecified atom stereocenters. The molecule has 7 heteroatoms. The summed E-state index contributed by atoms with van der Waals surface area (Å²) in [5.74, 6) is -1.04. The number of nitrogens with one attached hydrogen (secondary N) is 2. The SMILES string of the molecule is COc1ccc2cc(C(=O)OC(C)C(=O)Nc3cccc(F)c3)[nH]c2c1. The van der Waals surface area contributed by atoms with E-state index in [1.54, 1.807) is 31.4 Å². The number of rotatable bonds is 5. The van der Waals surface area contributed by atoms with Crippen LogP contribution >= 0.6 is 0 Å². The van der Waals surface area contributed by atoms with Crippen molar-refractivity contribution in [3.63, 3.8) is 0 Å². The predicted octanol–water partition coefficient (Wildman–Crippen LogP) is 3.50. The maximum absolute atomic E-state index is 13.2. The Bertz CT molecular complexity index is 967.